The third kappa shape index (κ3) is 6.57. The Morgan fingerprint density at radius 1 is 0.700 bits per heavy atom. The standard InChI is InChI=1S/C43H57N3O4/c1-4-5-6-7-8-9-10-11-12-13-14-21-44-41(49)30-15-16-31-29-50-43(38(31)22-30)36-19-17-32(45-25-34(47)26-45)23-39(36)42(2,3)40-24-33(18-20-37(40)43)46-27-35(48)28-46/h15-20,22-24,34-35,47-48H,4-14,21,25-29H2,1-3H3,(H,44,49). The molecule has 7 heteroatoms. The van der Waals surface area contributed by atoms with Gasteiger partial charge in [0.2, 0.25) is 0 Å². The molecule has 0 atom stereocenters. The predicted octanol–water partition coefficient (Wildman–Crippen LogP) is 7.55. The Balaban J connectivity index is 1.11. The highest BCUT2D eigenvalue weighted by Crippen LogP contribution is 2.58. The second-order valence-electron chi connectivity index (χ2n) is 15.8. The highest BCUT2D eigenvalue weighted by molar-refractivity contribution is 5.94. The number of benzene rings is 3. The van der Waals surface area contributed by atoms with E-state index in [4.69, 9.17) is 4.74 Å². The number of carbonyl (C=O) groups is 1. The van der Waals surface area contributed by atoms with E-state index in [1.165, 1.54) is 68.9 Å². The Hall–Kier alpha value is -3.39. The van der Waals surface area contributed by atoms with E-state index in [1.54, 1.807) is 0 Å². The lowest BCUT2D eigenvalue weighted by Gasteiger charge is -2.47. The van der Waals surface area contributed by atoms with E-state index in [1.807, 2.05) is 6.07 Å². The highest BCUT2D eigenvalue weighted by atomic mass is 16.5. The van der Waals surface area contributed by atoms with Crippen molar-refractivity contribution in [2.45, 2.75) is 121 Å². The van der Waals surface area contributed by atoms with Crippen LogP contribution in [0.4, 0.5) is 11.4 Å². The second kappa shape index (κ2) is 14.7. The molecule has 2 fully saturated rings. The van der Waals surface area contributed by atoms with Gasteiger partial charge >= 0.3 is 0 Å². The summed E-state index contributed by atoms with van der Waals surface area (Å²) in [6.07, 6.45) is 13.6. The van der Waals surface area contributed by atoms with Gasteiger partial charge in [-0.2, -0.15) is 0 Å². The van der Waals surface area contributed by atoms with Crippen LogP contribution in [-0.2, 0) is 22.4 Å². The lowest BCUT2D eigenvalue weighted by Crippen LogP contribution is -2.51. The molecule has 0 unspecified atom stereocenters. The van der Waals surface area contributed by atoms with Gasteiger partial charge in [0.1, 0.15) is 5.60 Å². The first-order valence-electron chi connectivity index (χ1n) is 19.4. The maximum Gasteiger partial charge on any atom is 0.251 e. The molecule has 3 N–H and O–H groups in total. The van der Waals surface area contributed by atoms with E-state index in [0.29, 0.717) is 44.9 Å². The molecule has 0 bridgehead atoms. The van der Waals surface area contributed by atoms with E-state index >= 15 is 0 Å². The summed E-state index contributed by atoms with van der Waals surface area (Å²) in [5.41, 5.74) is 8.48. The number of hydrogen-bond acceptors (Lipinski definition) is 6. The molecule has 3 aromatic rings. The molecule has 1 spiro atoms. The number of nitrogens with one attached hydrogen (secondary N) is 1. The number of rotatable bonds is 15. The summed E-state index contributed by atoms with van der Waals surface area (Å²) in [6, 6.07) is 19.4. The van der Waals surface area contributed by atoms with Crippen molar-refractivity contribution in [3.8, 4) is 0 Å². The molecule has 1 aliphatic carbocycles. The molecule has 3 heterocycles. The van der Waals surface area contributed by atoms with Crippen molar-refractivity contribution >= 4 is 17.3 Å². The Labute approximate surface area is 299 Å². The van der Waals surface area contributed by atoms with Crippen LogP contribution in [0, 0.1) is 0 Å². The van der Waals surface area contributed by atoms with Crippen LogP contribution in [0.3, 0.4) is 0 Å². The number of unbranched alkanes of at least 4 members (excludes halogenated alkanes) is 10. The van der Waals surface area contributed by atoms with Gasteiger partial charge in [-0.3, -0.25) is 4.79 Å². The van der Waals surface area contributed by atoms with Gasteiger partial charge in [-0.15, -0.1) is 0 Å². The Kier molecular flexibility index (Phi) is 10.3. The molecule has 268 valence electrons. The van der Waals surface area contributed by atoms with Gasteiger partial charge in [-0.1, -0.05) is 103 Å². The van der Waals surface area contributed by atoms with Crippen LogP contribution in [-0.4, -0.2) is 61.1 Å². The molecule has 0 aromatic heterocycles. The third-order valence-corrected chi connectivity index (χ3v) is 11.8. The quantitative estimate of drug-likeness (QED) is 0.144. The predicted molar refractivity (Wildman–Crippen MR) is 201 cm³/mol. The summed E-state index contributed by atoms with van der Waals surface area (Å²) >= 11 is 0. The first-order chi connectivity index (χ1) is 24.2. The van der Waals surface area contributed by atoms with Gasteiger partial charge in [-0.05, 0) is 76.2 Å². The van der Waals surface area contributed by atoms with Gasteiger partial charge in [0.25, 0.3) is 5.91 Å². The van der Waals surface area contributed by atoms with Gasteiger partial charge < -0.3 is 30.1 Å². The second-order valence-corrected chi connectivity index (χ2v) is 15.8. The monoisotopic (exact) mass is 679 g/mol. The maximum atomic E-state index is 13.6. The summed E-state index contributed by atoms with van der Waals surface area (Å²) in [7, 11) is 0. The lowest BCUT2D eigenvalue weighted by atomic mass is 9.61. The zero-order valence-electron chi connectivity index (χ0n) is 30.5. The van der Waals surface area contributed by atoms with E-state index in [-0.39, 0.29) is 23.5 Å². The van der Waals surface area contributed by atoms with Crippen LogP contribution in [0.25, 0.3) is 0 Å². The fourth-order valence-electron chi connectivity index (χ4n) is 8.70. The van der Waals surface area contributed by atoms with E-state index in [9.17, 15) is 15.0 Å². The number of β-amino-alcohol motifs (C(OH)–C–C–N with tert-alkyl or cyclic N) is 2. The van der Waals surface area contributed by atoms with E-state index in [0.717, 1.165) is 46.5 Å². The molecule has 7 rings (SSSR count). The minimum atomic E-state index is -0.845. The van der Waals surface area contributed by atoms with Crippen molar-refractivity contribution in [1.29, 1.82) is 0 Å². The number of nitrogens with zero attached hydrogens (tertiary/aromatic N) is 2. The number of carbonyl (C=O) groups excluding carboxylic acids is 1. The minimum absolute atomic E-state index is 0.0307. The number of anilines is 2. The normalized spacial score (nSPS) is 18.7. The van der Waals surface area contributed by atoms with Crippen molar-refractivity contribution in [2.24, 2.45) is 0 Å². The largest absolute Gasteiger partial charge is 0.389 e. The highest BCUT2D eigenvalue weighted by Gasteiger charge is 2.53. The maximum absolute atomic E-state index is 13.6. The molecule has 1 amide bonds. The van der Waals surface area contributed by atoms with Gasteiger partial charge in [0.15, 0.2) is 0 Å². The van der Waals surface area contributed by atoms with Crippen LogP contribution in [0.1, 0.15) is 135 Å². The summed E-state index contributed by atoms with van der Waals surface area (Å²) in [4.78, 5) is 18.0. The lowest BCUT2D eigenvalue weighted by molar-refractivity contribution is 0.0218. The first-order valence-corrected chi connectivity index (χ1v) is 19.4. The summed E-state index contributed by atoms with van der Waals surface area (Å²) in [5, 5.41) is 23.3. The molecule has 2 saturated heterocycles. The number of aliphatic hydroxyl groups is 2. The van der Waals surface area contributed by atoms with Gasteiger partial charge in [0.05, 0.1) is 18.8 Å². The van der Waals surface area contributed by atoms with Crippen molar-refractivity contribution in [3.05, 3.63) is 93.5 Å². The summed E-state index contributed by atoms with van der Waals surface area (Å²) in [5.74, 6) is -0.0307. The summed E-state index contributed by atoms with van der Waals surface area (Å²) < 4.78 is 6.99. The van der Waals surface area contributed by atoms with E-state index < -0.39 is 5.60 Å². The molecule has 3 aliphatic heterocycles. The van der Waals surface area contributed by atoms with Crippen molar-refractivity contribution in [1.82, 2.24) is 5.32 Å². The SMILES string of the molecule is CCCCCCCCCCCCCNC(=O)c1ccc2c(c1)C1(OC2)c2ccc(N3CC(O)C3)cc2C(C)(C)c2cc(N3CC(O)C3)ccc21. The minimum Gasteiger partial charge on any atom is -0.389 e. The smallest absolute Gasteiger partial charge is 0.251 e. The average Bonchev–Trinajstić information content (AvgIpc) is 3.47. The topological polar surface area (TPSA) is 85.3 Å². The van der Waals surface area contributed by atoms with Crippen LogP contribution >= 0.6 is 0 Å². The molecular weight excluding hydrogens is 622 g/mol. The molecular formula is C43H57N3O4. The van der Waals surface area contributed by atoms with Crippen molar-refractivity contribution in [2.75, 3.05) is 42.5 Å². The molecule has 0 radical (unpaired) electrons. The van der Waals surface area contributed by atoms with Gasteiger partial charge in [-0.25, -0.2) is 0 Å². The van der Waals surface area contributed by atoms with Crippen LogP contribution in [0.2, 0.25) is 0 Å². The molecule has 7 nitrogen and oxygen atoms in total. The Morgan fingerprint density at radius 2 is 1.22 bits per heavy atom. The average molecular weight is 680 g/mol. The van der Waals surface area contributed by atoms with Crippen LogP contribution < -0.4 is 15.1 Å². The van der Waals surface area contributed by atoms with Crippen LogP contribution in [0.5, 0.6) is 0 Å². The first kappa shape index (κ1) is 35.0. The fraction of sp³-hybridized carbons (Fsp3) is 0.558. The van der Waals surface area contributed by atoms with Gasteiger partial charge in [0, 0.05) is 55.1 Å². The van der Waals surface area contributed by atoms with Crippen LogP contribution in [0.15, 0.2) is 54.6 Å². The molecule has 3 aromatic carbocycles. The molecule has 50 heavy (non-hydrogen) atoms. The zero-order valence-corrected chi connectivity index (χ0v) is 30.5. The fourth-order valence-corrected chi connectivity index (χ4v) is 8.70. The number of fused-ring (bicyclic) bond motifs is 6. The zero-order chi connectivity index (χ0) is 34.9. The van der Waals surface area contributed by atoms with Crippen molar-refractivity contribution < 1.29 is 19.7 Å². The van der Waals surface area contributed by atoms with E-state index in [2.05, 4.69) is 84.4 Å². The summed E-state index contributed by atoms with van der Waals surface area (Å²) in [6.45, 7) is 10.6. The molecule has 4 aliphatic rings. The number of aliphatic hydroxyl groups excluding tert-OH is 2. The third-order valence-electron chi connectivity index (χ3n) is 11.8. The van der Waals surface area contributed by atoms with Crippen molar-refractivity contribution in [3.63, 3.8) is 0 Å². The number of hydrogen-bond donors (Lipinski definition) is 3. The number of amides is 1. The number of ether oxygens (including phenoxy) is 1. The Bertz CT molecular complexity index is 1600. The Morgan fingerprint density at radius 3 is 1.74 bits per heavy atom. The molecule has 0 saturated carbocycles.